The van der Waals surface area contributed by atoms with E-state index in [0.717, 1.165) is 24.3 Å². The number of benzene rings is 1. The summed E-state index contributed by atoms with van der Waals surface area (Å²) in [5.74, 6) is -1.15. The minimum absolute atomic E-state index is 0.0318. The first-order valence-corrected chi connectivity index (χ1v) is 18.9. The number of hydrogen-bond acceptors (Lipinski definition) is 9. The summed E-state index contributed by atoms with van der Waals surface area (Å²) in [5, 5.41) is 36.9. The highest BCUT2D eigenvalue weighted by molar-refractivity contribution is 6.00. The van der Waals surface area contributed by atoms with Crippen LogP contribution in [0.15, 0.2) is 41.4 Å². The van der Waals surface area contributed by atoms with Crippen molar-refractivity contribution in [1.82, 2.24) is 20.8 Å². The smallest absolute Gasteiger partial charge is 0.249 e. The Morgan fingerprint density at radius 3 is 2.08 bits per heavy atom. The van der Waals surface area contributed by atoms with Crippen molar-refractivity contribution in [2.45, 2.75) is 129 Å². The van der Waals surface area contributed by atoms with E-state index >= 15 is 0 Å². The number of allylic oxidation sites excluding steroid dienone is 1. The van der Waals surface area contributed by atoms with E-state index in [0.29, 0.717) is 55.8 Å². The topological polar surface area (TPSA) is 181 Å². The van der Waals surface area contributed by atoms with E-state index < -0.39 is 11.9 Å². The van der Waals surface area contributed by atoms with Gasteiger partial charge in [-0.25, -0.2) is 15.1 Å². The summed E-state index contributed by atoms with van der Waals surface area (Å²) in [5.41, 5.74) is 0.437. The summed E-state index contributed by atoms with van der Waals surface area (Å²) in [4.78, 5) is 53.1. The highest BCUT2D eigenvalue weighted by Gasteiger charge is 2.27. The molecule has 286 valence electrons. The van der Waals surface area contributed by atoms with Crippen LogP contribution in [0.1, 0.15) is 128 Å². The molecule has 0 fully saturated rings. The average Bonchev–Trinajstić information content (AvgIpc) is 3.62. The van der Waals surface area contributed by atoms with Crippen molar-refractivity contribution in [3.63, 3.8) is 0 Å². The van der Waals surface area contributed by atoms with Crippen molar-refractivity contribution in [3.8, 4) is 5.75 Å². The van der Waals surface area contributed by atoms with Crippen LogP contribution in [0.4, 0.5) is 0 Å². The Balaban J connectivity index is 1.41. The number of aliphatic imine (C=N–C) groups is 1. The van der Waals surface area contributed by atoms with Gasteiger partial charge in [-0.1, -0.05) is 76.2 Å². The predicted octanol–water partition coefficient (Wildman–Crippen LogP) is 5.80. The lowest BCUT2D eigenvalue weighted by atomic mass is 10.1. The van der Waals surface area contributed by atoms with Crippen LogP contribution >= 0.6 is 0 Å². The normalized spacial score (nSPS) is 13.9. The van der Waals surface area contributed by atoms with Gasteiger partial charge in [0.25, 0.3) is 0 Å². The average molecular weight is 716 g/mol. The molecule has 0 radical (unpaired) electrons. The van der Waals surface area contributed by atoms with E-state index in [1.807, 2.05) is 12.2 Å². The fraction of sp³-hybridized carbons (Fsp3) is 0.658. The van der Waals surface area contributed by atoms with Gasteiger partial charge < -0.3 is 20.5 Å². The van der Waals surface area contributed by atoms with Crippen LogP contribution in [0.5, 0.6) is 5.75 Å². The lowest BCUT2D eigenvalue weighted by Crippen LogP contribution is -2.35. The number of aromatic hydroxyl groups is 1. The molecular weight excluding hydrogens is 654 g/mol. The van der Waals surface area contributed by atoms with Crippen LogP contribution in [0.3, 0.4) is 0 Å². The second-order valence-corrected chi connectivity index (χ2v) is 13.0. The quantitative estimate of drug-likeness (QED) is 0.0312. The van der Waals surface area contributed by atoms with Crippen LogP contribution in [0.2, 0.25) is 0 Å². The molecule has 5 N–H and O–H groups in total. The fourth-order valence-electron chi connectivity index (χ4n) is 5.48. The molecule has 0 saturated carbocycles. The third-order valence-corrected chi connectivity index (χ3v) is 8.63. The number of nitrogens with one attached hydrogen (secondary N) is 2. The minimum atomic E-state index is -0.691. The molecule has 4 amide bonds. The first kappa shape index (κ1) is 43.2. The van der Waals surface area contributed by atoms with Crippen molar-refractivity contribution in [1.29, 1.82) is 0 Å². The number of hydroxylamine groups is 4. The SMILES string of the molecule is CCCCCCCCCC/C=C\CC(=O)N(O)CCCCCNC(=O)CCC(=O)N(O)CCCCCNC(=O)[C@@H]1COC(c2ccccc2O)=N1. The van der Waals surface area contributed by atoms with Crippen LogP contribution in [0.25, 0.3) is 0 Å². The molecule has 1 aromatic carbocycles. The standard InChI is InChI=1S/C38H61N5O8/c1-2-3-4-5-6-7-8-9-10-11-14-23-35(46)42(49)28-19-12-17-26-39-34(45)24-25-36(47)43(50)29-20-13-18-27-40-37(48)32-30-51-38(41-32)31-21-15-16-22-33(31)44/h11,14-16,21-22,32,44,49-50H,2-10,12-13,17-20,23-30H2,1H3,(H,39,45)(H,40,48)/b14-11-/t32-/m0/s1. The molecule has 0 bridgehead atoms. The van der Waals surface area contributed by atoms with E-state index in [-0.39, 0.29) is 68.3 Å². The fourth-order valence-corrected chi connectivity index (χ4v) is 5.48. The van der Waals surface area contributed by atoms with E-state index in [4.69, 9.17) is 4.74 Å². The Bertz CT molecular complexity index is 1240. The van der Waals surface area contributed by atoms with Gasteiger partial charge in [0.15, 0.2) is 6.04 Å². The second kappa shape index (κ2) is 26.8. The maximum absolute atomic E-state index is 12.4. The number of nitrogens with zero attached hydrogens (tertiary/aromatic N) is 3. The first-order chi connectivity index (χ1) is 24.7. The Kier molecular flexibility index (Phi) is 22.7. The number of carbonyl (C=O) groups excluding carboxylic acids is 4. The van der Waals surface area contributed by atoms with Gasteiger partial charge in [-0.15, -0.1) is 0 Å². The molecule has 0 unspecified atom stereocenters. The lowest BCUT2D eigenvalue weighted by molar-refractivity contribution is -0.166. The predicted molar refractivity (Wildman–Crippen MR) is 195 cm³/mol. The van der Waals surface area contributed by atoms with Crippen molar-refractivity contribution in [2.24, 2.45) is 4.99 Å². The van der Waals surface area contributed by atoms with Crippen molar-refractivity contribution < 1.29 is 39.4 Å². The van der Waals surface area contributed by atoms with Crippen molar-refractivity contribution in [2.75, 3.05) is 32.8 Å². The zero-order chi connectivity index (χ0) is 37.1. The molecule has 1 aliphatic rings. The van der Waals surface area contributed by atoms with Gasteiger partial charge in [-0.2, -0.15) is 0 Å². The number of phenolic OH excluding ortho intramolecular Hbond substituents is 1. The second-order valence-electron chi connectivity index (χ2n) is 13.0. The number of para-hydroxylation sites is 1. The van der Waals surface area contributed by atoms with Gasteiger partial charge in [0, 0.05) is 45.4 Å². The molecule has 1 aliphatic heterocycles. The zero-order valence-corrected chi connectivity index (χ0v) is 30.5. The molecule has 1 aromatic rings. The van der Waals surface area contributed by atoms with Gasteiger partial charge in [0.2, 0.25) is 29.5 Å². The van der Waals surface area contributed by atoms with Gasteiger partial charge in [0.05, 0.1) is 5.56 Å². The van der Waals surface area contributed by atoms with E-state index in [1.54, 1.807) is 18.2 Å². The summed E-state index contributed by atoms with van der Waals surface area (Å²) in [6.07, 6.45) is 18.8. The van der Waals surface area contributed by atoms with E-state index in [9.17, 15) is 34.7 Å². The summed E-state index contributed by atoms with van der Waals surface area (Å²) < 4.78 is 5.48. The highest BCUT2D eigenvalue weighted by Crippen LogP contribution is 2.21. The number of unbranched alkanes of at least 4 members (excludes halogenated alkanes) is 12. The molecule has 1 heterocycles. The van der Waals surface area contributed by atoms with Crippen molar-refractivity contribution >= 4 is 29.5 Å². The van der Waals surface area contributed by atoms with Crippen LogP contribution in [0, 0.1) is 0 Å². The van der Waals surface area contributed by atoms with Crippen LogP contribution < -0.4 is 10.6 Å². The van der Waals surface area contributed by atoms with Gasteiger partial charge >= 0.3 is 0 Å². The Morgan fingerprint density at radius 1 is 0.784 bits per heavy atom. The molecule has 2 rings (SSSR count). The summed E-state index contributed by atoms with van der Waals surface area (Å²) >= 11 is 0. The molecule has 13 nitrogen and oxygen atoms in total. The monoisotopic (exact) mass is 715 g/mol. The summed E-state index contributed by atoms with van der Waals surface area (Å²) in [7, 11) is 0. The molecule has 0 aromatic heterocycles. The molecular formula is C38H61N5O8. The van der Waals surface area contributed by atoms with E-state index in [1.165, 1.54) is 51.0 Å². The number of carbonyl (C=O) groups is 4. The molecule has 0 spiro atoms. The summed E-state index contributed by atoms with van der Waals surface area (Å²) in [6.45, 7) is 3.51. The zero-order valence-electron chi connectivity index (χ0n) is 30.5. The van der Waals surface area contributed by atoms with E-state index in [2.05, 4.69) is 22.5 Å². The number of rotatable bonds is 28. The van der Waals surface area contributed by atoms with Crippen molar-refractivity contribution in [3.05, 3.63) is 42.0 Å². The Morgan fingerprint density at radius 2 is 1.39 bits per heavy atom. The molecule has 1 atom stereocenters. The van der Waals surface area contributed by atoms with Gasteiger partial charge in [0.1, 0.15) is 12.4 Å². The molecule has 0 saturated heterocycles. The third-order valence-electron chi connectivity index (χ3n) is 8.63. The number of amides is 4. The van der Waals surface area contributed by atoms with Gasteiger partial charge in [-0.3, -0.25) is 29.6 Å². The largest absolute Gasteiger partial charge is 0.507 e. The summed E-state index contributed by atoms with van der Waals surface area (Å²) in [6, 6.07) is 5.93. The number of phenols is 1. The van der Waals surface area contributed by atoms with Gasteiger partial charge in [-0.05, 0) is 63.5 Å². The first-order valence-electron chi connectivity index (χ1n) is 18.9. The number of hydrogen-bond donors (Lipinski definition) is 5. The maximum Gasteiger partial charge on any atom is 0.249 e. The number of ether oxygens (including phenoxy) is 1. The molecule has 51 heavy (non-hydrogen) atoms. The highest BCUT2D eigenvalue weighted by atomic mass is 16.5. The molecule has 13 heteroatoms. The minimum Gasteiger partial charge on any atom is -0.507 e. The Labute approximate surface area is 303 Å². The Hall–Kier alpha value is -3.97. The van der Waals surface area contributed by atoms with Crippen LogP contribution in [-0.4, -0.2) is 94.0 Å². The van der Waals surface area contributed by atoms with Crippen LogP contribution in [-0.2, 0) is 23.9 Å². The lowest BCUT2D eigenvalue weighted by Gasteiger charge is -2.15. The third kappa shape index (κ3) is 19.3. The molecule has 0 aliphatic carbocycles. The maximum atomic E-state index is 12.4.